The van der Waals surface area contributed by atoms with Crippen LogP contribution < -0.4 is 0 Å². The average Bonchev–Trinajstić information content (AvgIpc) is 3.74. The molecule has 0 fully saturated rings. The molecule has 1 aliphatic carbocycles. The lowest BCUT2D eigenvalue weighted by atomic mass is 9.80. The predicted octanol–water partition coefficient (Wildman–Crippen LogP) is 12.9. The highest BCUT2D eigenvalue weighted by atomic mass is 32.1. The normalized spacial score (nSPS) is 13.9. The van der Waals surface area contributed by atoms with Gasteiger partial charge in [0, 0.05) is 37.3 Å². The Balaban J connectivity index is 1.38. The number of fused-ring (bicyclic) bond motifs is 18. The van der Waals surface area contributed by atoms with Gasteiger partial charge in [0.15, 0.2) is 0 Å². The van der Waals surface area contributed by atoms with E-state index < -0.39 is 0 Å². The Hall–Kier alpha value is -5.44. The summed E-state index contributed by atoms with van der Waals surface area (Å²) < 4.78 is 5.29. The number of thiophene rings is 1. The summed E-state index contributed by atoms with van der Waals surface area (Å²) in [6.07, 6.45) is 0. The quantitative estimate of drug-likeness (QED) is 0.162. The van der Waals surface area contributed by atoms with Crippen LogP contribution >= 0.6 is 11.3 Å². The zero-order valence-electron chi connectivity index (χ0n) is 26.1. The second-order valence-corrected chi connectivity index (χ2v) is 14.7. The lowest BCUT2D eigenvalue weighted by Crippen LogP contribution is -2.15. The van der Waals surface area contributed by atoms with Crippen molar-refractivity contribution in [2.24, 2.45) is 0 Å². The second-order valence-electron chi connectivity index (χ2n) is 13.6. The number of nitrogens with zero attached hydrogens (tertiary/aromatic N) is 1. The first kappa shape index (κ1) is 25.7. The standard InChI is InChI=1S/C45H29NS/c1-45(2)36-20-10-7-17-32(36)39-40-33-18-8-11-21-37(33)46(43(40)44-41(42(39)45)34-19-9-12-22-38(34)47-44)26-23-24-31-29-15-4-3-13-27(29)28-14-5-6-16-30(28)35(31)25-26/h3-25H,1-2H3. The molecule has 0 spiro atoms. The van der Waals surface area contributed by atoms with E-state index in [1.165, 1.54) is 102 Å². The number of para-hydroxylation sites is 1. The fourth-order valence-electron chi connectivity index (χ4n) is 9.00. The van der Waals surface area contributed by atoms with Gasteiger partial charge in [-0.15, -0.1) is 11.3 Å². The van der Waals surface area contributed by atoms with Gasteiger partial charge in [-0.1, -0.05) is 129 Å². The van der Waals surface area contributed by atoms with E-state index >= 15 is 0 Å². The molecule has 0 amide bonds. The van der Waals surface area contributed by atoms with Crippen LogP contribution in [0.25, 0.3) is 91.1 Å². The third-order valence-electron chi connectivity index (χ3n) is 10.9. The smallest absolute Gasteiger partial charge is 0.0726 e. The number of hydrogen-bond acceptors (Lipinski definition) is 1. The molecule has 0 saturated carbocycles. The molecule has 0 radical (unpaired) electrons. The van der Waals surface area contributed by atoms with Crippen LogP contribution in [0.5, 0.6) is 0 Å². The molecule has 1 aliphatic rings. The van der Waals surface area contributed by atoms with Crippen LogP contribution in [-0.2, 0) is 5.41 Å². The third-order valence-corrected chi connectivity index (χ3v) is 12.1. The molecule has 11 rings (SSSR count). The molecule has 2 heteroatoms. The van der Waals surface area contributed by atoms with Gasteiger partial charge in [-0.3, -0.25) is 0 Å². The lowest BCUT2D eigenvalue weighted by Gasteiger charge is -2.23. The summed E-state index contributed by atoms with van der Waals surface area (Å²) in [6.45, 7) is 4.85. The summed E-state index contributed by atoms with van der Waals surface area (Å²) in [5.41, 5.74) is 9.32. The van der Waals surface area contributed by atoms with Gasteiger partial charge in [-0.25, -0.2) is 0 Å². The van der Waals surface area contributed by atoms with Crippen molar-refractivity contribution in [3.8, 4) is 16.8 Å². The van der Waals surface area contributed by atoms with Crippen LogP contribution in [0, 0.1) is 0 Å². The minimum atomic E-state index is -0.117. The van der Waals surface area contributed by atoms with E-state index in [4.69, 9.17) is 0 Å². The minimum Gasteiger partial charge on any atom is -0.308 e. The molecule has 10 aromatic rings. The molecule has 0 atom stereocenters. The first-order chi connectivity index (χ1) is 23.1. The van der Waals surface area contributed by atoms with E-state index in [1.54, 1.807) is 0 Å². The van der Waals surface area contributed by atoms with Gasteiger partial charge in [-0.05, 0) is 78.8 Å². The Bertz CT molecular complexity index is 2950. The molecule has 0 aliphatic heterocycles. The largest absolute Gasteiger partial charge is 0.308 e. The molecule has 8 aromatic carbocycles. The van der Waals surface area contributed by atoms with E-state index in [-0.39, 0.29) is 5.41 Å². The van der Waals surface area contributed by atoms with E-state index in [0.717, 1.165) is 0 Å². The van der Waals surface area contributed by atoms with Crippen LogP contribution in [0.3, 0.4) is 0 Å². The monoisotopic (exact) mass is 615 g/mol. The Morgan fingerprint density at radius 3 is 1.83 bits per heavy atom. The first-order valence-corrected chi connectivity index (χ1v) is 17.3. The fourth-order valence-corrected chi connectivity index (χ4v) is 10.2. The summed E-state index contributed by atoms with van der Waals surface area (Å²) in [6, 6.07) is 52.1. The maximum Gasteiger partial charge on any atom is 0.0726 e. The molecule has 0 N–H and O–H groups in total. The average molecular weight is 616 g/mol. The Morgan fingerprint density at radius 1 is 0.511 bits per heavy atom. The van der Waals surface area contributed by atoms with Gasteiger partial charge < -0.3 is 4.57 Å². The molecule has 220 valence electrons. The Labute approximate surface area is 275 Å². The van der Waals surface area contributed by atoms with Gasteiger partial charge in [0.1, 0.15) is 0 Å². The highest BCUT2D eigenvalue weighted by Gasteiger charge is 2.40. The van der Waals surface area contributed by atoms with Crippen LogP contribution in [0.1, 0.15) is 25.0 Å². The van der Waals surface area contributed by atoms with Crippen molar-refractivity contribution in [3.05, 3.63) is 151 Å². The summed E-state index contributed by atoms with van der Waals surface area (Å²) >= 11 is 1.95. The summed E-state index contributed by atoms with van der Waals surface area (Å²) in [5, 5.41) is 13.3. The van der Waals surface area contributed by atoms with E-state index in [1.807, 2.05) is 11.3 Å². The van der Waals surface area contributed by atoms with Crippen molar-refractivity contribution < 1.29 is 0 Å². The molecule has 0 saturated heterocycles. The topological polar surface area (TPSA) is 4.93 Å². The van der Waals surface area contributed by atoms with Crippen LogP contribution in [0.4, 0.5) is 0 Å². The van der Waals surface area contributed by atoms with E-state index in [2.05, 4.69) is 158 Å². The van der Waals surface area contributed by atoms with Crippen LogP contribution in [-0.4, -0.2) is 4.57 Å². The van der Waals surface area contributed by atoms with Crippen molar-refractivity contribution in [3.63, 3.8) is 0 Å². The van der Waals surface area contributed by atoms with Crippen molar-refractivity contribution >= 4 is 85.6 Å². The van der Waals surface area contributed by atoms with E-state index in [0.29, 0.717) is 0 Å². The van der Waals surface area contributed by atoms with Crippen molar-refractivity contribution in [1.29, 1.82) is 0 Å². The zero-order chi connectivity index (χ0) is 31.0. The Morgan fingerprint density at radius 2 is 1.09 bits per heavy atom. The maximum atomic E-state index is 2.57. The van der Waals surface area contributed by atoms with Crippen molar-refractivity contribution in [2.45, 2.75) is 19.3 Å². The van der Waals surface area contributed by atoms with Crippen LogP contribution in [0.2, 0.25) is 0 Å². The summed E-state index contributed by atoms with van der Waals surface area (Å²) in [7, 11) is 0. The van der Waals surface area contributed by atoms with Gasteiger partial charge in [-0.2, -0.15) is 0 Å². The van der Waals surface area contributed by atoms with Gasteiger partial charge in [0.25, 0.3) is 0 Å². The highest BCUT2D eigenvalue weighted by molar-refractivity contribution is 7.26. The number of aromatic nitrogens is 1. The third kappa shape index (κ3) is 3.14. The zero-order valence-corrected chi connectivity index (χ0v) is 27.0. The predicted molar refractivity (Wildman–Crippen MR) is 204 cm³/mol. The van der Waals surface area contributed by atoms with Crippen molar-refractivity contribution in [1.82, 2.24) is 4.57 Å². The SMILES string of the molecule is CC1(C)c2ccccc2-c2c1c1c3ccccc3sc1c1c2c2ccccc2n1-c1ccc2c3ccccc3c3ccccc3c2c1. The Kier molecular flexibility index (Phi) is 4.86. The maximum absolute atomic E-state index is 2.57. The number of benzene rings is 8. The number of rotatable bonds is 1. The minimum absolute atomic E-state index is 0.117. The molecule has 0 unspecified atom stereocenters. The molecule has 0 bridgehead atoms. The lowest BCUT2D eigenvalue weighted by molar-refractivity contribution is 0.667. The van der Waals surface area contributed by atoms with Gasteiger partial charge >= 0.3 is 0 Å². The summed E-state index contributed by atoms with van der Waals surface area (Å²) in [4.78, 5) is 0. The molecule has 2 aromatic heterocycles. The van der Waals surface area contributed by atoms with Crippen LogP contribution in [0.15, 0.2) is 140 Å². The van der Waals surface area contributed by atoms with Crippen molar-refractivity contribution in [2.75, 3.05) is 0 Å². The molecular weight excluding hydrogens is 587 g/mol. The number of hydrogen-bond donors (Lipinski definition) is 0. The van der Waals surface area contributed by atoms with Gasteiger partial charge in [0.2, 0.25) is 0 Å². The van der Waals surface area contributed by atoms with Gasteiger partial charge in [0.05, 0.1) is 15.7 Å². The summed E-state index contributed by atoms with van der Waals surface area (Å²) in [5.74, 6) is 0. The molecular formula is C45H29NS. The molecule has 2 heterocycles. The molecule has 47 heavy (non-hydrogen) atoms. The first-order valence-electron chi connectivity index (χ1n) is 16.5. The molecule has 1 nitrogen and oxygen atoms in total. The fraction of sp³-hybridized carbons (Fsp3) is 0.0667. The highest BCUT2D eigenvalue weighted by Crippen LogP contribution is 2.58. The van der Waals surface area contributed by atoms with E-state index in [9.17, 15) is 0 Å². The second kappa shape index (κ2) is 8.88.